The molecule has 0 aliphatic carbocycles. The summed E-state index contributed by atoms with van der Waals surface area (Å²) in [5, 5.41) is 25.4. The molecule has 0 saturated heterocycles. The summed E-state index contributed by atoms with van der Waals surface area (Å²) in [6, 6.07) is -8.26. The van der Waals surface area contributed by atoms with Gasteiger partial charge >= 0.3 is 5.97 Å². The van der Waals surface area contributed by atoms with Crippen LogP contribution in [0.5, 0.6) is 0 Å². The van der Waals surface area contributed by atoms with Gasteiger partial charge in [-0.3, -0.25) is 43.7 Å². The number of carbonyl (C=O) groups excluding carboxylic acids is 6. The fourth-order valence-electron chi connectivity index (χ4n) is 6.16. The van der Waals surface area contributed by atoms with Crippen LogP contribution in [0.25, 0.3) is 0 Å². The molecule has 6 amide bonds. The Morgan fingerprint density at radius 3 is 1.19 bits per heavy atom. The van der Waals surface area contributed by atoms with Crippen LogP contribution in [-0.2, 0) is 33.6 Å². The van der Waals surface area contributed by atoms with E-state index in [1.54, 1.807) is 0 Å². The van der Waals surface area contributed by atoms with Crippen molar-refractivity contribution in [3.05, 3.63) is 0 Å². The van der Waals surface area contributed by atoms with Crippen LogP contribution in [0.4, 0.5) is 0 Å². The highest BCUT2D eigenvalue weighted by Crippen LogP contribution is 2.11. The van der Waals surface area contributed by atoms with Crippen molar-refractivity contribution >= 4 is 59.3 Å². The Balaban J connectivity index is 6.41. The van der Waals surface area contributed by atoms with Gasteiger partial charge in [0.2, 0.25) is 35.4 Å². The van der Waals surface area contributed by atoms with Crippen molar-refractivity contribution < 1.29 is 38.7 Å². The topological polar surface area (TPSA) is 457 Å². The molecule has 0 aliphatic rings. The first-order chi connectivity index (χ1) is 30.0. The molecule has 366 valence electrons. The minimum atomic E-state index is -1.32. The number of aliphatic carboxylic acids is 1. The van der Waals surface area contributed by atoms with E-state index in [4.69, 9.17) is 45.9 Å². The van der Waals surface area contributed by atoms with Gasteiger partial charge in [0.1, 0.15) is 36.3 Å². The highest BCUT2D eigenvalue weighted by Gasteiger charge is 2.33. The highest BCUT2D eigenvalue weighted by molar-refractivity contribution is 5.97. The Morgan fingerprint density at radius 1 is 0.453 bits per heavy atom. The van der Waals surface area contributed by atoms with E-state index in [1.807, 2.05) is 27.7 Å². The average Bonchev–Trinajstić information content (AvgIpc) is 3.19. The van der Waals surface area contributed by atoms with Crippen LogP contribution in [-0.4, -0.2) is 133 Å². The van der Waals surface area contributed by atoms with E-state index in [2.05, 4.69) is 46.9 Å². The van der Waals surface area contributed by atoms with E-state index in [9.17, 15) is 38.7 Å². The molecule has 0 aromatic heterocycles. The van der Waals surface area contributed by atoms with Crippen molar-refractivity contribution in [2.24, 2.45) is 72.7 Å². The summed E-state index contributed by atoms with van der Waals surface area (Å²) in [6.07, 6.45) is 2.24. The largest absolute Gasteiger partial charge is 0.480 e. The van der Waals surface area contributed by atoms with Gasteiger partial charge in [-0.1, -0.05) is 27.7 Å². The Morgan fingerprint density at radius 2 is 0.797 bits per heavy atom. The third-order valence-corrected chi connectivity index (χ3v) is 9.45. The minimum absolute atomic E-state index is 0.00683. The predicted octanol–water partition coefficient (Wildman–Crippen LogP) is -4.29. The minimum Gasteiger partial charge on any atom is -0.480 e. The summed E-state index contributed by atoms with van der Waals surface area (Å²) in [5.41, 5.74) is 44.3. The molecule has 25 nitrogen and oxygen atoms in total. The molecule has 0 heterocycles. The molecule has 64 heavy (non-hydrogen) atoms. The number of nitrogens with two attached hydrogens (primary N) is 8. The molecule has 25 heteroatoms. The molecule has 23 N–H and O–H groups in total. The predicted molar refractivity (Wildman–Crippen MR) is 244 cm³/mol. The number of unbranched alkanes of at least 4 members (excludes halogenated alkanes) is 1. The molecule has 0 saturated carbocycles. The zero-order chi connectivity index (χ0) is 48.9. The molecule has 0 rings (SSSR count). The van der Waals surface area contributed by atoms with Crippen LogP contribution in [0.1, 0.15) is 105 Å². The van der Waals surface area contributed by atoms with Gasteiger partial charge in [-0.2, -0.15) is 0 Å². The third-order valence-electron chi connectivity index (χ3n) is 9.45. The molecule has 7 atom stereocenters. The van der Waals surface area contributed by atoms with Gasteiger partial charge in [-0.05, 0) is 95.9 Å². The van der Waals surface area contributed by atoms with E-state index < -0.39 is 83.7 Å². The molecular formula is C39H77N17O8. The van der Waals surface area contributed by atoms with Crippen LogP contribution in [0.2, 0.25) is 0 Å². The number of aliphatic imine (C=N–C) groups is 3. The third kappa shape index (κ3) is 26.5. The lowest BCUT2D eigenvalue weighted by Gasteiger charge is -2.27. The summed E-state index contributed by atoms with van der Waals surface area (Å²) in [6.45, 7) is 9.51. The summed E-state index contributed by atoms with van der Waals surface area (Å²) in [5.74, 6) is -6.10. The summed E-state index contributed by atoms with van der Waals surface area (Å²) in [7, 11) is 0. The lowest BCUT2D eigenvalue weighted by molar-refractivity contribution is -0.142. The standard InChI is InChI=1S/C39H77N17O8/c1-21(2)19-24(41)31(58)56-29(20-22(3)4)35(62)54-27(13-9-17-49-38(44)45)33(60)53-26(12-8-16-48-37(42)43)32(59)51-23(5)30(57)52-25(11-6-7-15-40)34(61)55-28(36(63)64)14-10-18-50-39(46)47/h21-29H,6-20,40-41H2,1-5H3,(H,51,59)(H,52,57)(H,53,60)(H,54,62)(H,55,61)(H,56,58)(H,63,64)(H4,42,43,48)(H4,44,45,49)(H4,46,47,50)/t23-,24-,25-,26-,27-,28-,29-/m0/s1. The molecule has 0 radical (unpaired) electrons. The molecule has 0 aromatic rings. The number of amides is 6. The van der Waals surface area contributed by atoms with Gasteiger partial charge in [0.15, 0.2) is 17.9 Å². The van der Waals surface area contributed by atoms with Crippen molar-refractivity contribution in [2.45, 2.75) is 148 Å². The number of carboxylic acids is 1. The molecule has 0 bridgehead atoms. The van der Waals surface area contributed by atoms with Crippen LogP contribution in [0.15, 0.2) is 15.0 Å². The number of guanidine groups is 3. The number of hydrogen-bond donors (Lipinski definition) is 15. The Hall–Kier alpha value is -5.98. The first kappa shape index (κ1) is 58.0. The first-order valence-electron chi connectivity index (χ1n) is 21.7. The van der Waals surface area contributed by atoms with Crippen LogP contribution in [0, 0.1) is 11.8 Å². The normalized spacial score (nSPS) is 14.3. The lowest BCUT2D eigenvalue weighted by atomic mass is 10.00. The van der Waals surface area contributed by atoms with Crippen LogP contribution >= 0.6 is 0 Å². The van der Waals surface area contributed by atoms with Crippen LogP contribution in [0.3, 0.4) is 0 Å². The number of hydrogen-bond acceptors (Lipinski definition) is 12. The number of carbonyl (C=O) groups is 7. The fraction of sp³-hybridized carbons (Fsp3) is 0.744. The van der Waals surface area contributed by atoms with E-state index in [1.165, 1.54) is 6.92 Å². The molecule has 0 spiro atoms. The van der Waals surface area contributed by atoms with Crippen molar-refractivity contribution in [1.82, 2.24) is 31.9 Å². The van der Waals surface area contributed by atoms with E-state index in [0.717, 1.165) is 0 Å². The number of rotatable bonds is 33. The Bertz CT molecular complexity index is 1580. The fourth-order valence-corrected chi connectivity index (χ4v) is 6.16. The SMILES string of the molecule is CC(C)C[C@H](NC(=O)[C@@H](N)CC(C)C)C(=O)N[C@@H](CCCN=C(N)N)C(=O)N[C@@H](CCCN=C(N)N)C(=O)N[C@@H](C)C(=O)N[C@@H](CCCCN)C(=O)N[C@@H](CCCN=C(N)N)C(=O)O. The van der Waals surface area contributed by atoms with Crippen molar-refractivity contribution in [1.29, 1.82) is 0 Å². The van der Waals surface area contributed by atoms with Gasteiger partial charge in [0.25, 0.3) is 0 Å². The molecule has 0 unspecified atom stereocenters. The smallest absolute Gasteiger partial charge is 0.326 e. The number of nitrogens with one attached hydrogen (secondary N) is 6. The summed E-state index contributed by atoms with van der Waals surface area (Å²) < 4.78 is 0. The quantitative estimate of drug-likeness (QED) is 0.0168. The van der Waals surface area contributed by atoms with Gasteiger partial charge < -0.3 is 82.9 Å². The van der Waals surface area contributed by atoms with E-state index in [0.29, 0.717) is 25.8 Å². The van der Waals surface area contributed by atoms with Gasteiger partial charge in [-0.15, -0.1) is 0 Å². The molecular weight excluding hydrogens is 835 g/mol. The second-order valence-electron chi connectivity index (χ2n) is 16.4. The summed E-state index contributed by atoms with van der Waals surface area (Å²) in [4.78, 5) is 105. The number of carboxylic acid groups (broad SMARTS) is 1. The summed E-state index contributed by atoms with van der Waals surface area (Å²) >= 11 is 0. The van der Waals surface area contributed by atoms with Crippen molar-refractivity contribution in [3.8, 4) is 0 Å². The van der Waals surface area contributed by atoms with Crippen molar-refractivity contribution in [2.75, 3.05) is 26.2 Å². The van der Waals surface area contributed by atoms with E-state index >= 15 is 0 Å². The lowest BCUT2D eigenvalue weighted by Crippen LogP contribution is -2.59. The average molecular weight is 912 g/mol. The van der Waals surface area contributed by atoms with Crippen molar-refractivity contribution in [3.63, 3.8) is 0 Å². The van der Waals surface area contributed by atoms with Crippen LogP contribution < -0.4 is 77.8 Å². The molecule has 0 aromatic carbocycles. The second-order valence-corrected chi connectivity index (χ2v) is 16.4. The molecule has 0 fully saturated rings. The maximum Gasteiger partial charge on any atom is 0.326 e. The van der Waals surface area contributed by atoms with Gasteiger partial charge in [0, 0.05) is 19.6 Å². The molecule has 0 aliphatic heterocycles. The second kappa shape index (κ2) is 31.8. The van der Waals surface area contributed by atoms with Gasteiger partial charge in [-0.25, -0.2) is 4.79 Å². The zero-order valence-electron chi connectivity index (χ0n) is 38.1. The first-order valence-corrected chi connectivity index (χ1v) is 21.7. The number of nitrogens with zero attached hydrogens (tertiary/aromatic N) is 3. The Labute approximate surface area is 375 Å². The Kier molecular flexibility index (Phi) is 28.8. The van der Waals surface area contributed by atoms with Gasteiger partial charge in [0.05, 0.1) is 6.04 Å². The van der Waals surface area contributed by atoms with E-state index in [-0.39, 0.29) is 101 Å². The maximum absolute atomic E-state index is 14.0. The monoisotopic (exact) mass is 912 g/mol. The zero-order valence-corrected chi connectivity index (χ0v) is 38.1. The maximum atomic E-state index is 14.0. The highest BCUT2D eigenvalue weighted by atomic mass is 16.4.